The first-order valence-corrected chi connectivity index (χ1v) is 7.80. The Bertz CT molecular complexity index is 510. The summed E-state index contributed by atoms with van der Waals surface area (Å²) in [6.07, 6.45) is 2.75. The SMILES string of the molecule is CCC1CCC(C)N1S(=O)(=O)c1ccc(N)cc1. The number of hydrogen-bond acceptors (Lipinski definition) is 3. The maximum absolute atomic E-state index is 12.6. The largest absolute Gasteiger partial charge is 0.399 e. The van der Waals surface area contributed by atoms with Crippen molar-refractivity contribution in [2.75, 3.05) is 5.73 Å². The Hall–Kier alpha value is -1.07. The molecule has 2 N–H and O–H groups in total. The molecule has 1 aliphatic heterocycles. The van der Waals surface area contributed by atoms with Crippen LogP contribution in [0.5, 0.6) is 0 Å². The van der Waals surface area contributed by atoms with Gasteiger partial charge in [0.15, 0.2) is 0 Å². The third-order valence-corrected chi connectivity index (χ3v) is 5.72. The summed E-state index contributed by atoms with van der Waals surface area (Å²) in [6.45, 7) is 4.01. The average molecular weight is 268 g/mol. The number of nitrogens with two attached hydrogens (primary N) is 1. The van der Waals surface area contributed by atoms with E-state index in [1.54, 1.807) is 28.6 Å². The van der Waals surface area contributed by atoms with Crippen molar-refractivity contribution in [2.45, 2.75) is 50.1 Å². The van der Waals surface area contributed by atoms with Gasteiger partial charge in [-0.15, -0.1) is 0 Å². The molecule has 4 nitrogen and oxygen atoms in total. The van der Waals surface area contributed by atoms with Gasteiger partial charge in [-0.3, -0.25) is 0 Å². The molecule has 2 rings (SSSR count). The number of anilines is 1. The lowest BCUT2D eigenvalue weighted by Crippen LogP contribution is -2.39. The van der Waals surface area contributed by atoms with Gasteiger partial charge < -0.3 is 5.73 Å². The maximum Gasteiger partial charge on any atom is 0.243 e. The lowest BCUT2D eigenvalue weighted by atomic mass is 10.2. The molecule has 0 amide bonds. The molecule has 1 aromatic rings. The molecule has 100 valence electrons. The predicted octanol–water partition coefficient (Wildman–Crippen LogP) is 2.22. The highest BCUT2D eigenvalue weighted by Crippen LogP contribution is 2.32. The minimum atomic E-state index is -3.39. The maximum atomic E-state index is 12.6. The first-order chi connectivity index (χ1) is 8.46. The molecule has 1 aliphatic rings. The summed E-state index contributed by atoms with van der Waals surface area (Å²) in [5.74, 6) is 0. The van der Waals surface area contributed by atoms with Crippen molar-refractivity contribution in [1.29, 1.82) is 0 Å². The third-order valence-electron chi connectivity index (χ3n) is 3.64. The van der Waals surface area contributed by atoms with Gasteiger partial charge in [-0.2, -0.15) is 4.31 Å². The lowest BCUT2D eigenvalue weighted by molar-refractivity contribution is 0.328. The van der Waals surface area contributed by atoms with E-state index in [1.165, 1.54) is 0 Å². The van der Waals surface area contributed by atoms with Gasteiger partial charge in [-0.05, 0) is 50.5 Å². The average Bonchev–Trinajstić information content (AvgIpc) is 2.71. The highest BCUT2D eigenvalue weighted by Gasteiger charge is 2.38. The molecule has 1 aromatic carbocycles. The van der Waals surface area contributed by atoms with Crippen molar-refractivity contribution in [2.24, 2.45) is 0 Å². The van der Waals surface area contributed by atoms with Crippen molar-refractivity contribution in [3.63, 3.8) is 0 Å². The minimum Gasteiger partial charge on any atom is -0.399 e. The molecule has 0 bridgehead atoms. The molecule has 5 heteroatoms. The van der Waals surface area contributed by atoms with Crippen molar-refractivity contribution < 1.29 is 8.42 Å². The first kappa shape index (κ1) is 13.4. The Balaban J connectivity index is 2.38. The Kier molecular flexibility index (Phi) is 3.64. The van der Waals surface area contributed by atoms with Crippen molar-refractivity contribution >= 4 is 15.7 Å². The van der Waals surface area contributed by atoms with Gasteiger partial charge in [-0.25, -0.2) is 8.42 Å². The van der Waals surface area contributed by atoms with Crippen molar-refractivity contribution in [1.82, 2.24) is 4.31 Å². The van der Waals surface area contributed by atoms with E-state index in [0.29, 0.717) is 10.6 Å². The summed E-state index contributed by atoms with van der Waals surface area (Å²) in [7, 11) is -3.39. The topological polar surface area (TPSA) is 63.4 Å². The normalized spacial score (nSPS) is 25.4. The highest BCUT2D eigenvalue weighted by molar-refractivity contribution is 7.89. The van der Waals surface area contributed by atoms with Gasteiger partial charge >= 0.3 is 0 Å². The van der Waals surface area contributed by atoms with Crippen LogP contribution >= 0.6 is 0 Å². The van der Waals surface area contributed by atoms with Crippen LogP contribution in [0.3, 0.4) is 0 Å². The van der Waals surface area contributed by atoms with Crippen LogP contribution in [0.2, 0.25) is 0 Å². The Morgan fingerprint density at radius 2 is 1.89 bits per heavy atom. The summed E-state index contributed by atoms with van der Waals surface area (Å²) in [5.41, 5.74) is 6.17. The number of hydrogen-bond donors (Lipinski definition) is 1. The highest BCUT2D eigenvalue weighted by atomic mass is 32.2. The van der Waals surface area contributed by atoms with Gasteiger partial charge in [0.1, 0.15) is 0 Å². The second kappa shape index (κ2) is 4.90. The standard InChI is InChI=1S/C13H20N2O2S/c1-3-12-7-4-10(2)15(12)18(16,17)13-8-5-11(14)6-9-13/h5-6,8-10,12H,3-4,7,14H2,1-2H3. The lowest BCUT2D eigenvalue weighted by Gasteiger charge is -2.27. The van der Waals surface area contributed by atoms with E-state index in [2.05, 4.69) is 0 Å². The van der Waals surface area contributed by atoms with Crippen LogP contribution in [0, 0.1) is 0 Å². The number of sulfonamides is 1. The molecule has 1 saturated heterocycles. The van der Waals surface area contributed by atoms with E-state index in [1.807, 2.05) is 13.8 Å². The minimum absolute atomic E-state index is 0.0810. The number of nitrogen functional groups attached to an aromatic ring is 1. The first-order valence-electron chi connectivity index (χ1n) is 6.36. The Labute approximate surface area is 109 Å². The van der Waals surface area contributed by atoms with Gasteiger partial charge in [0.05, 0.1) is 4.90 Å². The summed E-state index contributed by atoms with van der Waals surface area (Å²) >= 11 is 0. The van der Waals surface area contributed by atoms with Gasteiger partial charge in [0.25, 0.3) is 0 Å². The number of rotatable bonds is 3. The number of nitrogens with zero attached hydrogens (tertiary/aromatic N) is 1. The quantitative estimate of drug-likeness (QED) is 0.855. The van der Waals surface area contributed by atoms with Crippen LogP contribution in [-0.4, -0.2) is 24.8 Å². The summed E-state index contributed by atoms with van der Waals surface area (Å²) in [6, 6.07) is 6.65. The van der Waals surface area contributed by atoms with Crippen LogP contribution in [-0.2, 0) is 10.0 Å². The zero-order valence-corrected chi connectivity index (χ0v) is 11.7. The second-order valence-corrected chi connectivity index (χ2v) is 6.74. The van der Waals surface area contributed by atoms with E-state index in [4.69, 9.17) is 5.73 Å². The van der Waals surface area contributed by atoms with Gasteiger partial charge in [0, 0.05) is 17.8 Å². The molecule has 0 aromatic heterocycles. The molecule has 1 heterocycles. The van der Waals surface area contributed by atoms with Crippen molar-refractivity contribution in [3.8, 4) is 0 Å². The fraction of sp³-hybridized carbons (Fsp3) is 0.538. The third kappa shape index (κ3) is 2.24. The molecule has 1 fully saturated rings. The van der Waals surface area contributed by atoms with E-state index in [-0.39, 0.29) is 12.1 Å². The van der Waals surface area contributed by atoms with Crippen LogP contribution in [0.1, 0.15) is 33.1 Å². The summed E-state index contributed by atoms with van der Waals surface area (Å²) in [5, 5.41) is 0. The van der Waals surface area contributed by atoms with E-state index in [9.17, 15) is 8.42 Å². The van der Waals surface area contributed by atoms with Gasteiger partial charge in [-0.1, -0.05) is 6.92 Å². The van der Waals surface area contributed by atoms with Crippen molar-refractivity contribution in [3.05, 3.63) is 24.3 Å². The second-order valence-electron chi connectivity index (χ2n) is 4.89. The summed E-state index contributed by atoms with van der Waals surface area (Å²) < 4.78 is 26.9. The van der Waals surface area contributed by atoms with Crippen LogP contribution in [0.25, 0.3) is 0 Å². The molecule has 0 saturated carbocycles. The predicted molar refractivity (Wildman–Crippen MR) is 72.7 cm³/mol. The molecular formula is C13H20N2O2S. The van der Waals surface area contributed by atoms with Crippen LogP contribution < -0.4 is 5.73 Å². The molecule has 18 heavy (non-hydrogen) atoms. The molecule has 0 spiro atoms. The molecule has 2 atom stereocenters. The van der Waals surface area contributed by atoms with E-state index in [0.717, 1.165) is 19.3 Å². The monoisotopic (exact) mass is 268 g/mol. The molecule has 0 aliphatic carbocycles. The fourth-order valence-corrected chi connectivity index (χ4v) is 4.58. The smallest absolute Gasteiger partial charge is 0.243 e. The van der Waals surface area contributed by atoms with E-state index < -0.39 is 10.0 Å². The van der Waals surface area contributed by atoms with Crippen LogP contribution in [0.15, 0.2) is 29.2 Å². The fourth-order valence-electron chi connectivity index (χ4n) is 2.63. The molecule has 0 radical (unpaired) electrons. The zero-order valence-electron chi connectivity index (χ0n) is 10.8. The zero-order chi connectivity index (χ0) is 13.3. The Morgan fingerprint density at radius 3 is 2.44 bits per heavy atom. The van der Waals surface area contributed by atoms with Gasteiger partial charge in [0.2, 0.25) is 10.0 Å². The molecular weight excluding hydrogens is 248 g/mol. The number of benzene rings is 1. The van der Waals surface area contributed by atoms with Crippen LogP contribution in [0.4, 0.5) is 5.69 Å². The van der Waals surface area contributed by atoms with E-state index >= 15 is 0 Å². The summed E-state index contributed by atoms with van der Waals surface area (Å²) in [4.78, 5) is 0.337. The Morgan fingerprint density at radius 1 is 1.28 bits per heavy atom. The molecule has 2 unspecified atom stereocenters.